The number of halogens is 3. The largest absolute Gasteiger partial charge is 0.457 e. The Bertz CT molecular complexity index is 1050. The summed E-state index contributed by atoms with van der Waals surface area (Å²) in [6.45, 7) is 0.722. The second-order valence-corrected chi connectivity index (χ2v) is 6.54. The van der Waals surface area contributed by atoms with Gasteiger partial charge in [0, 0.05) is 5.56 Å². The van der Waals surface area contributed by atoms with Crippen molar-refractivity contribution < 1.29 is 32.9 Å². The smallest absolute Gasteiger partial charge is 0.416 e. The fraction of sp³-hybridized carbons (Fsp3) is 0.182. The quantitative estimate of drug-likeness (QED) is 0.564. The summed E-state index contributed by atoms with van der Waals surface area (Å²) in [5.74, 6) is -0.196. The summed E-state index contributed by atoms with van der Waals surface area (Å²) < 4.78 is 44.4. The summed E-state index contributed by atoms with van der Waals surface area (Å²) in [6, 6.07) is 14.3. The highest BCUT2D eigenvalue weighted by atomic mass is 19.4. The number of ether oxygens (including phenoxy) is 1. The third kappa shape index (κ3) is 4.84. The van der Waals surface area contributed by atoms with E-state index in [-0.39, 0.29) is 11.3 Å². The van der Waals surface area contributed by atoms with Gasteiger partial charge in [-0.25, -0.2) is 4.98 Å². The van der Waals surface area contributed by atoms with Crippen LogP contribution < -0.4 is 4.74 Å². The van der Waals surface area contributed by atoms with Gasteiger partial charge in [0.15, 0.2) is 5.78 Å². The fourth-order valence-electron chi connectivity index (χ4n) is 2.78. The Morgan fingerprint density at radius 1 is 1.10 bits per heavy atom. The van der Waals surface area contributed by atoms with Gasteiger partial charge in [-0.15, -0.1) is 0 Å². The number of alkyl halides is 3. The Balaban J connectivity index is 1.85. The van der Waals surface area contributed by atoms with Crippen LogP contribution >= 0.6 is 0 Å². The highest BCUT2D eigenvalue weighted by Crippen LogP contribution is 2.34. The molecule has 30 heavy (non-hydrogen) atoms. The van der Waals surface area contributed by atoms with Gasteiger partial charge in [-0.2, -0.15) is 13.2 Å². The Labute approximate surface area is 170 Å². The molecule has 0 saturated heterocycles. The molecule has 0 spiro atoms. The number of pyridine rings is 1. The lowest BCUT2D eigenvalue weighted by atomic mass is 10.1. The van der Waals surface area contributed by atoms with Crippen molar-refractivity contribution in [1.29, 1.82) is 0 Å². The van der Waals surface area contributed by atoms with Gasteiger partial charge in [-0.05, 0) is 61.5 Å². The molecule has 0 saturated carbocycles. The van der Waals surface area contributed by atoms with Gasteiger partial charge in [0.1, 0.15) is 17.6 Å². The maximum absolute atomic E-state index is 12.9. The van der Waals surface area contributed by atoms with Crippen molar-refractivity contribution in [2.24, 2.45) is 0 Å². The molecule has 0 unspecified atom stereocenters. The summed E-state index contributed by atoms with van der Waals surface area (Å²) in [6.07, 6.45) is -5.65. The molecule has 0 aliphatic carbocycles. The SMILES string of the molecule is CC(=O)c1cc(C(F)(F)F)ccc1Oc1ccc(-c2cccc([C@H](O)CO)n2)cc1. The van der Waals surface area contributed by atoms with Crippen LogP contribution in [0.2, 0.25) is 0 Å². The first kappa shape index (κ1) is 21.5. The predicted molar refractivity (Wildman–Crippen MR) is 103 cm³/mol. The molecule has 0 bridgehead atoms. The first-order valence-corrected chi connectivity index (χ1v) is 8.95. The maximum atomic E-state index is 12.9. The van der Waals surface area contributed by atoms with Crippen LogP contribution in [0.25, 0.3) is 11.3 Å². The number of aliphatic hydroxyl groups excluding tert-OH is 2. The summed E-state index contributed by atoms with van der Waals surface area (Å²) in [5.41, 5.74) is 0.498. The number of carbonyl (C=O) groups excluding carboxylic acids is 1. The molecule has 3 rings (SSSR count). The average molecular weight is 417 g/mol. The van der Waals surface area contributed by atoms with E-state index in [9.17, 15) is 23.1 Å². The van der Waals surface area contributed by atoms with Crippen molar-refractivity contribution in [2.75, 3.05) is 6.61 Å². The minimum Gasteiger partial charge on any atom is -0.457 e. The van der Waals surface area contributed by atoms with E-state index in [1.807, 2.05) is 0 Å². The van der Waals surface area contributed by atoms with E-state index in [2.05, 4.69) is 4.98 Å². The molecular formula is C22H18F3NO4. The lowest BCUT2D eigenvalue weighted by Gasteiger charge is -2.13. The second-order valence-electron chi connectivity index (χ2n) is 6.54. The molecule has 0 amide bonds. The van der Waals surface area contributed by atoms with E-state index in [4.69, 9.17) is 9.84 Å². The number of carbonyl (C=O) groups is 1. The van der Waals surface area contributed by atoms with Gasteiger partial charge < -0.3 is 14.9 Å². The van der Waals surface area contributed by atoms with Crippen LogP contribution in [0.1, 0.15) is 34.6 Å². The molecule has 3 aromatic rings. The number of ketones is 1. The number of aromatic nitrogens is 1. The molecule has 2 aromatic carbocycles. The summed E-state index contributed by atoms with van der Waals surface area (Å²) in [7, 11) is 0. The molecule has 1 atom stereocenters. The standard InChI is InChI=1S/C22H18F3NO4/c1-13(28)17-11-15(22(23,24)25)7-10-21(17)30-16-8-5-14(6-9-16)18-3-2-4-19(26-18)20(29)12-27/h2-11,20,27,29H,12H2,1H3/t20-/m1/s1. The molecule has 0 fully saturated rings. The number of benzene rings is 2. The van der Waals surface area contributed by atoms with Crippen LogP contribution in [-0.2, 0) is 6.18 Å². The van der Waals surface area contributed by atoms with Crippen molar-refractivity contribution >= 4 is 5.78 Å². The highest BCUT2D eigenvalue weighted by Gasteiger charge is 2.31. The minimum absolute atomic E-state index is 0.0226. The van der Waals surface area contributed by atoms with Crippen molar-refractivity contribution in [1.82, 2.24) is 4.98 Å². The van der Waals surface area contributed by atoms with Gasteiger partial charge in [0.25, 0.3) is 0 Å². The molecule has 0 aliphatic heterocycles. The molecule has 2 N–H and O–H groups in total. The predicted octanol–water partition coefficient (Wildman–Crippen LogP) is 4.79. The van der Waals surface area contributed by atoms with Crippen LogP contribution in [0.4, 0.5) is 13.2 Å². The lowest BCUT2D eigenvalue weighted by molar-refractivity contribution is -0.137. The first-order valence-electron chi connectivity index (χ1n) is 8.95. The molecule has 5 nitrogen and oxygen atoms in total. The average Bonchev–Trinajstić information content (AvgIpc) is 2.73. The zero-order valence-electron chi connectivity index (χ0n) is 15.8. The van der Waals surface area contributed by atoms with Crippen LogP contribution in [0.5, 0.6) is 11.5 Å². The molecule has 156 valence electrons. The molecule has 0 aliphatic rings. The second kappa shape index (κ2) is 8.64. The maximum Gasteiger partial charge on any atom is 0.416 e. The molecule has 1 aromatic heterocycles. The topological polar surface area (TPSA) is 79.7 Å². The van der Waals surface area contributed by atoms with Crippen molar-refractivity contribution in [3.63, 3.8) is 0 Å². The number of rotatable bonds is 6. The first-order chi connectivity index (χ1) is 14.2. The van der Waals surface area contributed by atoms with Gasteiger partial charge in [0.05, 0.1) is 29.1 Å². The van der Waals surface area contributed by atoms with E-state index in [1.54, 1.807) is 42.5 Å². The Morgan fingerprint density at radius 3 is 2.40 bits per heavy atom. The molecular weight excluding hydrogens is 399 g/mol. The van der Waals surface area contributed by atoms with Gasteiger partial charge in [0.2, 0.25) is 0 Å². The summed E-state index contributed by atoms with van der Waals surface area (Å²) >= 11 is 0. The number of aliphatic hydroxyl groups is 2. The fourth-order valence-corrected chi connectivity index (χ4v) is 2.78. The minimum atomic E-state index is -4.56. The summed E-state index contributed by atoms with van der Waals surface area (Å²) in [4.78, 5) is 16.1. The number of hydrogen-bond donors (Lipinski definition) is 2. The monoisotopic (exact) mass is 417 g/mol. The number of Topliss-reactive ketones (excluding diaryl/α,β-unsaturated/α-hetero) is 1. The van der Waals surface area contributed by atoms with Gasteiger partial charge in [-0.3, -0.25) is 4.79 Å². The van der Waals surface area contributed by atoms with E-state index >= 15 is 0 Å². The Kier molecular flexibility index (Phi) is 6.19. The molecule has 1 heterocycles. The van der Waals surface area contributed by atoms with Gasteiger partial charge in [-0.1, -0.05) is 6.07 Å². The molecule has 0 radical (unpaired) electrons. The van der Waals surface area contributed by atoms with Gasteiger partial charge >= 0.3 is 6.18 Å². The van der Waals surface area contributed by atoms with E-state index in [0.717, 1.165) is 18.2 Å². The van der Waals surface area contributed by atoms with Crippen molar-refractivity contribution in [2.45, 2.75) is 19.2 Å². The van der Waals surface area contributed by atoms with E-state index in [1.165, 1.54) is 6.92 Å². The van der Waals surface area contributed by atoms with Crippen LogP contribution in [0.3, 0.4) is 0 Å². The van der Waals surface area contributed by atoms with Crippen LogP contribution in [0, 0.1) is 0 Å². The van der Waals surface area contributed by atoms with Crippen LogP contribution in [0.15, 0.2) is 60.7 Å². The number of hydrogen-bond acceptors (Lipinski definition) is 5. The lowest BCUT2D eigenvalue weighted by Crippen LogP contribution is -2.07. The Hall–Kier alpha value is -3.23. The van der Waals surface area contributed by atoms with E-state index in [0.29, 0.717) is 22.7 Å². The zero-order chi connectivity index (χ0) is 21.9. The third-order valence-electron chi connectivity index (χ3n) is 4.35. The highest BCUT2D eigenvalue weighted by molar-refractivity contribution is 5.97. The molecule has 8 heteroatoms. The van der Waals surface area contributed by atoms with E-state index < -0.39 is 30.2 Å². The van der Waals surface area contributed by atoms with Crippen molar-refractivity contribution in [3.05, 3.63) is 77.5 Å². The Morgan fingerprint density at radius 2 is 1.80 bits per heavy atom. The van der Waals surface area contributed by atoms with Crippen molar-refractivity contribution in [3.8, 4) is 22.8 Å². The normalized spacial score (nSPS) is 12.5. The number of nitrogens with zero attached hydrogens (tertiary/aromatic N) is 1. The third-order valence-corrected chi connectivity index (χ3v) is 4.35. The van der Waals surface area contributed by atoms with Crippen LogP contribution in [-0.4, -0.2) is 27.6 Å². The zero-order valence-corrected chi connectivity index (χ0v) is 15.8. The summed E-state index contributed by atoms with van der Waals surface area (Å²) in [5, 5.41) is 18.8.